The summed E-state index contributed by atoms with van der Waals surface area (Å²) in [7, 11) is -3.46. The number of alkyl halides is 3. The van der Waals surface area contributed by atoms with Crippen molar-refractivity contribution in [1.29, 1.82) is 0 Å². The number of unbranched alkanes of at least 4 members (excludes halogenated alkanes) is 1. The van der Waals surface area contributed by atoms with Crippen LogP contribution in [0.2, 0.25) is 0 Å². The van der Waals surface area contributed by atoms with Gasteiger partial charge in [-0.2, -0.15) is 23.1 Å². The molecule has 0 radical (unpaired) electrons. The number of ether oxygens (including phenoxy) is 1. The molecular weight excluding hydrogens is 533 g/mol. The van der Waals surface area contributed by atoms with E-state index in [4.69, 9.17) is 9.88 Å². The van der Waals surface area contributed by atoms with Crippen molar-refractivity contribution in [3.05, 3.63) is 27.9 Å². The molecule has 0 aliphatic carbocycles. The predicted molar refractivity (Wildman–Crippen MR) is 133 cm³/mol. The van der Waals surface area contributed by atoms with Crippen LogP contribution >= 0.6 is 11.3 Å². The summed E-state index contributed by atoms with van der Waals surface area (Å²) in [5, 5.41) is 17.2. The van der Waals surface area contributed by atoms with Crippen molar-refractivity contribution in [2.45, 2.75) is 51.9 Å². The Labute approximate surface area is 216 Å². The fourth-order valence-electron chi connectivity index (χ4n) is 4.00. The normalized spacial score (nSPS) is 14.4. The number of thiophene rings is 1. The Morgan fingerprint density at radius 2 is 2.00 bits per heavy atom. The van der Waals surface area contributed by atoms with E-state index in [2.05, 4.69) is 32.4 Å². The number of nitrogens with zero attached hydrogens (tertiary/aromatic N) is 7. The Hall–Kier alpha value is -2.56. The molecule has 0 spiro atoms. The molecule has 0 atom stereocenters. The van der Waals surface area contributed by atoms with Crippen LogP contribution in [0.15, 0.2) is 6.07 Å². The number of anilines is 1. The highest BCUT2D eigenvalue weighted by Crippen LogP contribution is 2.35. The zero-order chi connectivity index (χ0) is 26.6. The molecule has 0 bridgehead atoms. The average molecular weight is 562 g/mol. The fraction of sp³-hybridized carbons (Fsp3) is 0.619. The number of primary sulfonamides is 1. The van der Waals surface area contributed by atoms with Gasteiger partial charge in [0.1, 0.15) is 10.6 Å². The molecular formula is C21H28F3N8O3S2-. The number of aromatic nitrogens is 5. The first-order valence-corrected chi connectivity index (χ1v) is 14.4. The maximum Gasteiger partial charge on any atom is 0.451 e. The highest BCUT2D eigenvalue weighted by molar-refractivity contribution is 7.89. The Kier molecular flexibility index (Phi) is 8.50. The lowest BCUT2D eigenvalue weighted by molar-refractivity contribution is -0.147. The first-order valence-electron chi connectivity index (χ1n) is 11.9. The Morgan fingerprint density at radius 1 is 1.19 bits per heavy atom. The van der Waals surface area contributed by atoms with Gasteiger partial charge in [-0.25, -0.2) is 13.6 Å². The minimum absolute atomic E-state index is 0.0686. The van der Waals surface area contributed by atoms with Gasteiger partial charge in [0.05, 0.1) is 24.3 Å². The molecule has 0 fully saturated rings. The number of hydrogen-bond donors (Lipinski definition) is 1. The van der Waals surface area contributed by atoms with Crippen LogP contribution in [0.25, 0.3) is 15.5 Å². The molecule has 11 nitrogen and oxygen atoms in total. The fourth-order valence-corrected chi connectivity index (χ4v) is 5.72. The lowest BCUT2D eigenvalue weighted by Gasteiger charge is -2.29. The van der Waals surface area contributed by atoms with Gasteiger partial charge in [-0.15, -0.1) is 34.6 Å². The van der Waals surface area contributed by atoms with E-state index in [0.29, 0.717) is 38.3 Å². The quantitative estimate of drug-likeness (QED) is 0.332. The van der Waals surface area contributed by atoms with E-state index in [1.54, 1.807) is 0 Å². The monoisotopic (exact) mass is 561 g/mol. The molecule has 0 unspecified atom stereocenters. The summed E-state index contributed by atoms with van der Waals surface area (Å²) in [5.41, 5.74) is 0. The molecule has 2 N–H and O–H groups in total. The van der Waals surface area contributed by atoms with Crippen molar-refractivity contribution < 1.29 is 26.3 Å². The van der Waals surface area contributed by atoms with Crippen molar-refractivity contribution >= 4 is 37.4 Å². The van der Waals surface area contributed by atoms with Gasteiger partial charge in [-0.05, 0) is 18.9 Å². The van der Waals surface area contributed by atoms with Gasteiger partial charge in [-0.3, -0.25) is 0 Å². The molecule has 3 aromatic rings. The van der Waals surface area contributed by atoms with Crippen LogP contribution in [0.1, 0.15) is 42.7 Å². The molecule has 0 aromatic carbocycles. The second kappa shape index (κ2) is 11.4. The summed E-state index contributed by atoms with van der Waals surface area (Å²) in [6.45, 7) is 3.69. The number of fused-ring (bicyclic) bond motifs is 2. The van der Waals surface area contributed by atoms with Crippen molar-refractivity contribution in [2.24, 2.45) is 5.14 Å². The Balaban J connectivity index is 1.45. The molecule has 37 heavy (non-hydrogen) atoms. The topological polar surface area (TPSA) is 143 Å². The third-order valence-corrected chi connectivity index (χ3v) is 7.63. The third-order valence-electron chi connectivity index (χ3n) is 5.68. The van der Waals surface area contributed by atoms with Gasteiger partial charge in [-0.1, -0.05) is 19.8 Å². The minimum atomic E-state index is -4.56. The van der Waals surface area contributed by atoms with Gasteiger partial charge in [0.2, 0.25) is 15.8 Å². The largest absolute Gasteiger partial charge is 0.660 e. The van der Waals surface area contributed by atoms with Crippen molar-refractivity contribution in [1.82, 2.24) is 24.7 Å². The van der Waals surface area contributed by atoms with Crippen LogP contribution in [0.3, 0.4) is 0 Å². The molecule has 4 heterocycles. The summed E-state index contributed by atoms with van der Waals surface area (Å²) >= 11 is 1.54. The van der Waals surface area contributed by atoms with Gasteiger partial charge in [0.25, 0.3) is 0 Å². The van der Waals surface area contributed by atoms with Crippen LogP contribution in [0, 0.1) is 0 Å². The van der Waals surface area contributed by atoms with Crippen molar-refractivity contribution in [2.75, 3.05) is 36.9 Å². The van der Waals surface area contributed by atoms with Gasteiger partial charge >= 0.3 is 12.2 Å². The van der Waals surface area contributed by atoms with Crippen molar-refractivity contribution in [3.63, 3.8) is 0 Å². The lowest BCUT2D eigenvalue weighted by Crippen LogP contribution is -2.36. The summed E-state index contributed by atoms with van der Waals surface area (Å²) in [5.74, 6) is -0.256. The Bertz CT molecular complexity index is 1330. The third kappa shape index (κ3) is 7.06. The lowest BCUT2D eigenvalue weighted by atomic mass is 10.2. The molecule has 3 aromatic heterocycles. The Morgan fingerprint density at radius 3 is 2.73 bits per heavy atom. The van der Waals surface area contributed by atoms with E-state index in [9.17, 15) is 21.6 Å². The molecule has 0 amide bonds. The molecule has 4 rings (SSSR count). The zero-order valence-corrected chi connectivity index (χ0v) is 21.9. The summed E-state index contributed by atoms with van der Waals surface area (Å²) < 4.78 is 68.5. The molecule has 0 saturated carbocycles. The first kappa shape index (κ1) is 27.5. The summed E-state index contributed by atoms with van der Waals surface area (Å²) in [6.07, 6.45) is -1.67. The SMILES string of the molecule is CCCc1cc2c(N3CCn4c(nnc4C(F)(F)F)C3)nc(OCC[N-]CCCCS(N)(=O)=O)nc2s1. The maximum absolute atomic E-state index is 13.2. The highest BCUT2D eigenvalue weighted by atomic mass is 32.2. The zero-order valence-electron chi connectivity index (χ0n) is 20.2. The van der Waals surface area contributed by atoms with E-state index in [1.807, 2.05) is 11.0 Å². The summed E-state index contributed by atoms with van der Waals surface area (Å²) in [4.78, 5) is 12.9. The van der Waals surface area contributed by atoms with Crippen LogP contribution in [-0.2, 0) is 35.7 Å². The molecule has 16 heteroatoms. The van der Waals surface area contributed by atoms with E-state index in [0.717, 1.165) is 32.5 Å². The minimum Gasteiger partial charge on any atom is -0.660 e. The number of rotatable bonds is 12. The number of halogens is 3. The molecule has 1 aliphatic heterocycles. The van der Waals surface area contributed by atoms with E-state index in [-0.39, 0.29) is 37.3 Å². The average Bonchev–Trinajstić information content (AvgIpc) is 3.43. The van der Waals surface area contributed by atoms with E-state index >= 15 is 0 Å². The molecule has 1 aliphatic rings. The van der Waals surface area contributed by atoms with Crippen LogP contribution in [-0.4, -0.2) is 65.1 Å². The first-order chi connectivity index (χ1) is 17.5. The number of aryl methyl sites for hydroxylation is 1. The predicted octanol–water partition coefficient (Wildman–Crippen LogP) is 3.10. The van der Waals surface area contributed by atoms with Crippen LogP contribution < -0.4 is 14.8 Å². The molecule has 204 valence electrons. The van der Waals surface area contributed by atoms with Crippen LogP contribution in [0.4, 0.5) is 19.0 Å². The second-order valence-corrected chi connectivity index (χ2v) is 11.5. The van der Waals surface area contributed by atoms with Gasteiger partial charge in [0.15, 0.2) is 5.82 Å². The van der Waals surface area contributed by atoms with Crippen LogP contribution in [0.5, 0.6) is 6.01 Å². The molecule has 0 saturated heterocycles. The van der Waals surface area contributed by atoms with E-state index in [1.165, 1.54) is 11.3 Å². The smallest absolute Gasteiger partial charge is 0.451 e. The second-order valence-electron chi connectivity index (χ2n) is 8.62. The van der Waals surface area contributed by atoms with Gasteiger partial charge < -0.3 is 19.5 Å². The maximum atomic E-state index is 13.2. The number of sulfonamides is 1. The van der Waals surface area contributed by atoms with Gasteiger partial charge in [0, 0.05) is 18.0 Å². The number of nitrogens with two attached hydrogens (primary N) is 1. The van der Waals surface area contributed by atoms with E-state index < -0.39 is 22.0 Å². The van der Waals surface area contributed by atoms with Crippen molar-refractivity contribution in [3.8, 4) is 6.01 Å². The summed E-state index contributed by atoms with van der Waals surface area (Å²) in [6, 6.07) is 2.19. The number of hydrogen-bond acceptors (Lipinski definition) is 9. The highest BCUT2D eigenvalue weighted by Gasteiger charge is 2.39. The standard InChI is InChI=1S/C21H28F3N8O3S2/c1-2-5-14-12-15-17(31-8-9-32-16(13-31)29-30-19(32)21(22,23)24)27-20(28-18(15)36-14)35-10-7-26-6-3-4-11-37(25,33)34/h12H,2-11,13H2,1H3,(H2,25,33,34)/q-1.